The average molecular weight is 317 g/mol. The summed E-state index contributed by atoms with van der Waals surface area (Å²) in [5.74, 6) is 5.40. The van der Waals surface area contributed by atoms with E-state index in [-0.39, 0.29) is 0 Å². The molecule has 120 valence electrons. The van der Waals surface area contributed by atoms with E-state index in [1.807, 2.05) is 36.4 Å². The van der Waals surface area contributed by atoms with Crippen LogP contribution in [0, 0.1) is 11.8 Å². The Bertz CT molecular complexity index is 821. The molecule has 0 spiro atoms. The van der Waals surface area contributed by atoms with Crippen LogP contribution in [0.5, 0.6) is 0 Å². The fourth-order valence-corrected chi connectivity index (χ4v) is 2.47. The molecular formula is C21H19NO2. The molecule has 0 bridgehead atoms. The van der Waals surface area contributed by atoms with E-state index in [2.05, 4.69) is 35.9 Å². The van der Waals surface area contributed by atoms with Crippen molar-refractivity contribution in [3.63, 3.8) is 0 Å². The minimum Gasteiger partial charge on any atom is -0.478 e. The van der Waals surface area contributed by atoms with Crippen LogP contribution in [0.25, 0.3) is 6.08 Å². The molecule has 0 aliphatic heterocycles. The number of benzene rings is 2. The van der Waals surface area contributed by atoms with Crippen LogP contribution in [-0.4, -0.2) is 24.2 Å². The monoisotopic (exact) mass is 317 g/mol. The fraction of sp³-hybridized carbons (Fsp3) is 0.190. The summed E-state index contributed by atoms with van der Waals surface area (Å²) in [6.45, 7) is 0. The summed E-state index contributed by atoms with van der Waals surface area (Å²) in [5, 5.41) is 8.63. The van der Waals surface area contributed by atoms with E-state index in [1.54, 1.807) is 6.08 Å². The molecular weight excluding hydrogens is 298 g/mol. The van der Waals surface area contributed by atoms with Crippen molar-refractivity contribution >= 4 is 17.7 Å². The van der Waals surface area contributed by atoms with Gasteiger partial charge in [-0.15, -0.1) is 0 Å². The van der Waals surface area contributed by atoms with Gasteiger partial charge in [0.15, 0.2) is 0 Å². The summed E-state index contributed by atoms with van der Waals surface area (Å²) in [6, 6.07) is 16.5. The van der Waals surface area contributed by atoms with Gasteiger partial charge in [-0.05, 0) is 54.8 Å². The van der Waals surface area contributed by atoms with Crippen molar-refractivity contribution in [3.05, 3.63) is 71.3 Å². The van der Waals surface area contributed by atoms with E-state index >= 15 is 0 Å². The van der Waals surface area contributed by atoms with E-state index in [4.69, 9.17) is 5.11 Å². The molecule has 0 amide bonds. The number of aliphatic carboxylic acids is 1. The molecule has 1 N–H and O–H groups in total. The Morgan fingerprint density at radius 3 is 2.50 bits per heavy atom. The minimum atomic E-state index is -0.949. The molecule has 0 atom stereocenters. The lowest BCUT2D eigenvalue weighted by atomic mass is 10.1. The van der Waals surface area contributed by atoms with Crippen LogP contribution in [0.15, 0.2) is 54.6 Å². The van der Waals surface area contributed by atoms with Crippen LogP contribution < -0.4 is 4.90 Å². The van der Waals surface area contributed by atoms with Crippen LogP contribution in [0.2, 0.25) is 0 Å². The number of anilines is 1. The molecule has 1 aliphatic carbocycles. The second kappa shape index (κ2) is 7.06. The second-order valence-electron chi connectivity index (χ2n) is 5.94. The van der Waals surface area contributed by atoms with Gasteiger partial charge in [0.2, 0.25) is 0 Å². The number of carboxylic acids is 1. The lowest BCUT2D eigenvalue weighted by Crippen LogP contribution is -2.19. The molecule has 0 heterocycles. The first-order valence-corrected chi connectivity index (χ1v) is 7.98. The number of rotatable bonds is 4. The van der Waals surface area contributed by atoms with Crippen molar-refractivity contribution in [1.82, 2.24) is 0 Å². The van der Waals surface area contributed by atoms with Gasteiger partial charge in [-0.3, -0.25) is 0 Å². The van der Waals surface area contributed by atoms with Gasteiger partial charge in [-0.2, -0.15) is 0 Å². The SMILES string of the molecule is CN(c1cccc(C#Cc2ccc(C=CC(=O)O)cc2)c1)C1CC1. The van der Waals surface area contributed by atoms with Gasteiger partial charge < -0.3 is 10.0 Å². The zero-order valence-corrected chi connectivity index (χ0v) is 13.6. The smallest absolute Gasteiger partial charge is 0.328 e. The van der Waals surface area contributed by atoms with Crippen LogP contribution in [0.4, 0.5) is 5.69 Å². The first-order valence-electron chi connectivity index (χ1n) is 7.98. The van der Waals surface area contributed by atoms with Crippen molar-refractivity contribution in [2.45, 2.75) is 18.9 Å². The Morgan fingerprint density at radius 2 is 1.83 bits per heavy atom. The van der Waals surface area contributed by atoms with Crippen molar-refractivity contribution in [2.24, 2.45) is 0 Å². The van der Waals surface area contributed by atoms with Crippen LogP contribution in [0.1, 0.15) is 29.5 Å². The molecule has 1 aliphatic rings. The zero-order valence-electron chi connectivity index (χ0n) is 13.6. The summed E-state index contributed by atoms with van der Waals surface area (Å²) in [6.07, 6.45) is 5.24. The lowest BCUT2D eigenvalue weighted by Gasteiger charge is -2.18. The van der Waals surface area contributed by atoms with Gasteiger partial charge in [0.25, 0.3) is 0 Å². The van der Waals surface area contributed by atoms with E-state index < -0.39 is 5.97 Å². The van der Waals surface area contributed by atoms with Crippen LogP contribution in [0.3, 0.4) is 0 Å². The molecule has 3 heteroatoms. The molecule has 24 heavy (non-hydrogen) atoms. The number of carbonyl (C=O) groups is 1. The topological polar surface area (TPSA) is 40.5 Å². The highest BCUT2D eigenvalue weighted by atomic mass is 16.4. The standard InChI is InChI=1S/C21H19NO2/c1-22(19-12-13-19)20-4-2-3-18(15-20)10-9-16-5-7-17(8-6-16)11-14-21(23)24/h2-8,11,14-15,19H,12-13H2,1H3,(H,23,24). The molecule has 1 fully saturated rings. The summed E-state index contributed by atoms with van der Waals surface area (Å²) in [5.41, 5.74) is 3.95. The summed E-state index contributed by atoms with van der Waals surface area (Å²) in [4.78, 5) is 12.8. The molecule has 1 saturated carbocycles. The first-order chi connectivity index (χ1) is 11.6. The third-order valence-corrected chi connectivity index (χ3v) is 4.03. The lowest BCUT2D eigenvalue weighted by molar-refractivity contribution is -0.131. The molecule has 3 nitrogen and oxygen atoms in total. The second-order valence-corrected chi connectivity index (χ2v) is 5.94. The highest BCUT2D eigenvalue weighted by Crippen LogP contribution is 2.30. The summed E-state index contributed by atoms with van der Waals surface area (Å²) in [7, 11) is 2.13. The number of hydrogen-bond donors (Lipinski definition) is 1. The quantitative estimate of drug-likeness (QED) is 0.689. The molecule has 2 aromatic carbocycles. The van der Waals surface area contributed by atoms with Crippen molar-refractivity contribution in [1.29, 1.82) is 0 Å². The Kier molecular flexibility index (Phi) is 4.67. The number of nitrogens with zero attached hydrogens (tertiary/aromatic N) is 1. The molecule has 0 saturated heterocycles. The maximum Gasteiger partial charge on any atom is 0.328 e. The Balaban J connectivity index is 1.72. The van der Waals surface area contributed by atoms with Gasteiger partial charge in [-0.25, -0.2) is 4.79 Å². The van der Waals surface area contributed by atoms with Crippen LogP contribution in [-0.2, 0) is 4.79 Å². The predicted octanol–water partition coefficient (Wildman–Crippen LogP) is 3.78. The van der Waals surface area contributed by atoms with E-state index in [0.717, 1.165) is 22.8 Å². The zero-order chi connectivity index (χ0) is 16.9. The van der Waals surface area contributed by atoms with Crippen LogP contribution >= 0.6 is 0 Å². The third-order valence-electron chi connectivity index (χ3n) is 4.03. The highest BCUT2D eigenvalue weighted by molar-refractivity contribution is 5.85. The fourth-order valence-electron chi connectivity index (χ4n) is 2.47. The average Bonchev–Trinajstić information content (AvgIpc) is 3.44. The maximum absolute atomic E-state index is 10.5. The third kappa shape index (κ3) is 4.27. The Morgan fingerprint density at radius 1 is 1.12 bits per heavy atom. The van der Waals surface area contributed by atoms with Gasteiger partial charge in [0.05, 0.1) is 0 Å². The summed E-state index contributed by atoms with van der Waals surface area (Å²) < 4.78 is 0. The summed E-state index contributed by atoms with van der Waals surface area (Å²) >= 11 is 0. The van der Waals surface area contributed by atoms with Gasteiger partial charge >= 0.3 is 5.97 Å². The van der Waals surface area contributed by atoms with Crippen molar-refractivity contribution in [3.8, 4) is 11.8 Å². The first kappa shape index (κ1) is 15.9. The maximum atomic E-state index is 10.5. The van der Waals surface area contributed by atoms with Crippen molar-refractivity contribution in [2.75, 3.05) is 11.9 Å². The molecule has 2 aromatic rings. The molecule has 3 rings (SSSR count). The van der Waals surface area contributed by atoms with Gasteiger partial charge in [-0.1, -0.05) is 30.0 Å². The number of hydrogen-bond acceptors (Lipinski definition) is 2. The highest BCUT2D eigenvalue weighted by Gasteiger charge is 2.26. The van der Waals surface area contributed by atoms with Crippen molar-refractivity contribution < 1.29 is 9.90 Å². The Labute approximate surface area is 142 Å². The number of carboxylic acid groups (broad SMARTS) is 1. The van der Waals surface area contributed by atoms with E-state index in [1.165, 1.54) is 18.5 Å². The van der Waals surface area contributed by atoms with E-state index in [0.29, 0.717) is 6.04 Å². The minimum absolute atomic E-state index is 0.680. The molecule has 0 radical (unpaired) electrons. The molecule has 0 aromatic heterocycles. The van der Waals surface area contributed by atoms with E-state index in [9.17, 15) is 4.79 Å². The Hall–Kier alpha value is -2.99. The molecule has 0 unspecified atom stereocenters. The predicted molar refractivity (Wildman–Crippen MR) is 97.0 cm³/mol. The largest absolute Gasteiger partial charge is 0.478 e. The van der Waals surface area contributed by atoms with Gasteiger partial charge in [0.1, 0.15) is 0 Å². The normalized spacial score (nSPS) is 13.4. The van der Waals surface area contributed by atoms with Gasteiger partial charge in [0, 0.05) is 36.0 Å².